The Morgan fingerprint density at radius 1 is 0.760 bits per heavy atom. The predicted molar refractivity (Wildman–Crippen MR) is 108 cm³/mol. The summed E-state index contributed by atoms with van der Waals surface area (Å²) in [5, 5.41) is 0. The zero-order valence-corrected chi connectivity index (χ0v) is 15.8. The summed E-state index contributed by atoms with van der Waals surface area (Å²) in [6, 6.07) is 29.0. The summed E-state index contributed by atoms with van der Waals surface area (Å²) in [5.41, 5.74) is 6.81. The number of rotatable bonds is 5. The van der Waals surface area contributed by atoms with Crippen molar-refractivity contribution in [3.8, 4) is 0 Å². The van der Waals surface area contributed by atoms with E-state index >= 15 is 0 Å². The van der Waals surface area contributed by atoms with Crippen LogP contribution in [0.15, 0.2) is 78.9 Å². The molecule has 0 nitrogen and oxygen atoms in total. The Hall–Kier alpha value is -2.34. The first-order chi connectivity index (χ1) is 12.0. The van der Waals surface area contributed by atoms with Crippen LogP contribution in [0.5, 0.6) is 0 Å². The van der Waals surface area contributed by atoms with Crippen molar-refractivity contribution in [2.75, 3.05) is 0 Å². The van der Waals surface area contributed by atoms with E-state index in [4.69, 9.17) is 0 Å². The molecule has 0 N–H and O–H groups in total. The Labute approximate surface area is 152 Å². The van der Waals surface area contributed by atoms with Crippen LogP contribution in [0.1, 0.15) is 54.5 Å². The summed E-state index contributed by atoms with van der Waals surface area (Å²) in [5.74, 6) is 0.563. The second-order valence-electron chi connectivity index (χ2n) is 7.64. The third-order valence-corrected chi connectivity index (χ3v) is 5.27. The lowest BCUT2D eigenvalue weighted by Crippen LogP contribution is -2.27. The van der Waals surface area contributed by atoms with Crippen molar-refractivity contribution in [2.24, 2.45) is 0 Å². The second kappa shape index (κ2) is 7.27. The van der Waals surface area contributed by atoms with Crippen LogP contribution in [0.3, 0.4) is 0 Å². The SMILES string of the molecule is Cc1cccc(C(C)(Cc2ccccc2)c2ccc(C(C)C)cc2)c1. The largest absolute Gasteiger partial charge is 0.0622 e. The molecule has 3 aromatic rings. The van der Waals surface area contributed by atoms with E-state index in [9.17, 15) is 0 Å². The molecule has 0 fully saturated rings. The molecule has 0 amide bonds. The molecule has 0 spiro atoms. The predicted octanol–water partition coefficient (Wildman–Crippen LogP) is 6.67. The van der Waals surface area contributed by atoms with E-state index in [1.54, 1.807) is 0 Å². The fourth-order valence-corrected chi connectivity index (χ4v) is 3.60. The van der Waals surface area contributed by atoms with Crippen LogP contribution in [0, 0.1) is 6.92 Å². The fraction of sp³-hybridized carbons (Fsp3) is 0.280. The van der Waals surface area contributed by atoms with E-state index in [0.29, 0.717) is 5.92 Å². The molecule has 0 aliphatic carbocycles. The lowest BCUT2D eigenvalue weighted by Gasteiger charge is -2.32. The van der Waals surface area contributed by atoms with Gasteiger partial charge in [0.1, 0.15) is 0 Å². The van der Waals surface area contributed by atoms with Gasteiger partial charge in [-0.15, -0.1) is 0 Å². The van der Waals surface area contributed by atoms with Gasteiger partial charge in [0, 0.05) is 5.41 Å². The van der Waals surface area contributed by atoms with Gasteiger partial charge in [-0.3, -0.25) is 0 Å². The monoisotopic (exact) mass is 328 g/mol. The van der Waals surface area contributed by atoms with Crippen LogP contribution >= 0.6 is 0 Å². The standard InChI is InChI=1S/C25H28/c1-19(2)22-13-15-23(16-14-22)25(4,18-21-10-6-5-7-11-21)24-12-8-9-20(3)17-24/h5-17,19H,18H2,1-4H3. The molecular weight excluding hydrogens is 300 g/mol. The fourth-order valence-electron chi connectivity index (χ4n) is 3.60. The molecule has 0 heteroatoms. The van der Waals surface area contributed by atoms with Crippen molar-refractivity contribution in [1.29, 1.82) is 0 Å². The summed E-state index contributed by atoms with van der Waals surface area (Å²) in [4.78, 5) is 0. The molecule has 0 aliphatic heterocycles. The third-order valence-electron chi connectivity index (χ3n) is 5.27. The van der Waals surface area contributed by atoms with Crippen molar-refractivity contribution in [3.63, 3.8) is 0 Å². The van der Waals surface area contributed by atoms with Crippen LogP contribution in [-0.2, 0) is 11.8 Å². The highest BCUT2D eigenvalue weighted by Crippen LogP contribution is 2.36. The molecule has 0 saturated heterocycles. The van der Waals surface area contributed by atoms with Crippen LogP contribution < -0.4 is 0 Å². The minimum absolute atomic E-state index is 0.0388. The van der Waals surface area contributed by atoms with E-state index in [1.807, 2.05) is 0 Å². The summed E-state index contributed by atoms with van der Waals surface area (Å²) >= 11 is 0. The Morgan fingerprint density at radius 2 is 1.44 bits per heavy atom. The van der Waals surface area contributed by atoms with E-state index in [-0.39, 0.29) is 5.41 Å². The van der Waals surface area contributed by atoms with Gasteiger partial charge >= 0.3 is 0 Å². The molecule has 0 aliphatic rings. The van der Waals surface area contributed by atoms with Crippen LogP contribution in [0.25, 0.3) is 0 Å². The van der Waals surface area contributed by atoms with Gasteiger partial charge in [-0.1, -0.05) is 105 Å². The topological polar surface area (TPSA) is 0 Å². The molecule has 25 heavy (non-hydrogen) atoms. The summed E-state index contributed by atoms with van der Waals surface area (Å²) < 4.78 is 0. The minimum Gasteiger partial charge on any atom is -0.0622 e. The quantitative estimate of drug-likeness (QED) is 0.491. The molecule has 3 rings (SSSR count). The average molecular weight is 328 g/mol. The molecular formula is C25H28. The van der Waals surface area contributed by atoms with E-state index in [1.165, 1.54) is 27.8 Å². The highest BCUT2D eigenvalue weighted by Gasteiger charge is 2.29. The van der Waals surface area contributed by atoms with E-state index in [2.05, 4.69) is 107 Å². The molecule has 0 saturated carbocycles. The van der Waals surface area contributed by atoms with Crippen molar-refractivity contribution in [3.05, 3.63) is 107 Å². The first-order valence-electron chi connectivity index (χ1n) is 9.20. The summed E-state index contributed by atoms with van der Waals surface area (Å²) in [6.07, 6.45) is 0.998. The third kappa shape index (κ3) is 3.85. The van der Waals surface area contributed by atoms with Gasteiger partial charge in [-0.25, -0.2) is 0 Å². The Balaban J connectivity index is 2.08. The maximum Gasteiger partial charge on any atom is 0.0215 e. The van der Waals surface area contributed by atoms with Crippen molar-refractivity contribution in [1.82, 2.24) is 0 Å². The van der Waals surface area contributed by atoms with E-state index in [0.717, 1.165) is 6.42 Å². The molecule has 0 aromatic heterocycles. The van der Waals surface area contributed by atoms with Gasteiger partial charge in [0.15, 0.2) is 0 Å². The lowest BCUT2D eigenvalue weighted by atomic mass is 9.71. The van der Waals surface area contributed by atoms with Gasteiger partial charge in [0.25, 0.3) is 0 Å². The zero-order valence-electron chi connectivity index (χ0n) is 15.8. The highest BCUT2D eigenvalue weighted by atomic mass is 14.3. The molecule has 0 bridgehead atoms. The number of hydrogen-bond acceptors (Lipinski definition) is 0. The second-order valence-corrected chi connectivity index (χ2v) is 7.64. The lowest BCUT2D eigenvalue weighted by molar-refractivity contribution is 0.566. The molecule has 3 aromatic carbocycles. The molecule has 1 atom stereocenters. The number of benzene rings is 3. The van der Waals surface area contributed by atoms with Crippen LogP contribution in [0.2, 0.25) is 0 Å². The van der Waals surface area contributed by atoms with Crippen molar-refractivity contribution in [2.45, 2.75) is 45.4 Å². The highest BCUT2D eigenvalue weighted by molar-refractivity contribution is 5.43. The maximum atomic E-state index is 2.37. The normalized spacial score (nSPS) is 13.6. The van der Waals surface area contributed by atoms with Gasteiger partial charge in [0.05, 0.1) is 0 Å². The van der Waals surface area contributed by atoms with Gasteiger partial charge < -0.3 is 0 Å². The number of hydrogen-bond donors (Lipinski definition) is 0. The van der Waals surface area contributed by atoms with Gasteiger partial charge in [0.2, 0.25) is 0 Å². The minimum atomic E-state index is -0.0388. The Bertz CT molecular complexity index is 812. The van der Waals surface area contributed by atoms with Crippen LogP contribution in [-0.4, -0.2) is 0 Å². The van der Waals surface area contributed by atoms with Gasteiger partial charge in [-0.2, -0.15) is 0 Å². The van der Waals surface area contributed by atoms with E-state index < -0.39 is 0 Å². The Morgan fingerprint density at radius 3 is 2.04 bits per heavy atom. The van der Waals surface area contributed by atoms with Crippen molar-refractivity contribution >= 4 is 0 Å². The van der Waals surface area contributed by atoms with Crippen LogP contribution in [0.4, 0.5) is 0 Å². The first-order valence-corrected chi connectivity index (χ1v) is 9.20. The summed E-state index contributed by atoms with van der Waals surface area (Å²) in [7, 11) is 0. The van der Waals surface area contributed by atoms with Gasteiger partial charge in [-0.05, 0) is 41.5 Å². The van der Waals surface area contributed by atoms with Crippen molar-refractivity contribution < 1.29 is 0 Å². The molecule has 0 radical (unpaired) electrons. The maximum absolute atomic E-state index is 2.37. The summed E-state index contributed by atoms with van der Waals surface area (Å²) in [6.45, 7) is 9.05. The molecule has 128 valence electrons. The smallest absolute Gasteiger partial charge is 0.0215 e. The number of aryl methyl sites for hydroxylation is 1. The first kappa shape index (κ1) is 17.5. The Kier molecular flexibility index (Phi) is 5.08. The zero-order chi connectivity index (χ0) is 17.9. The average Bonchev–Trinajstić information content (AvgIpc) is 2.62. The molecule has 1 unspecified atom stereocenters. The molecule has 0 heterocycles.